The molecule has 0 amide bonds. The molecule has 0 radical (unpaired) electrons. The number of esters is 1. The van der Waals surface area contributed by atoms with Crippen molar-refractivity contribution in [1.29, 1.82) is 0 Å². The maximum Gasteiger partial charge on any atom is 0.315 e. The Morgan fingerprint density at radius 3 is 2.18 bits per heavy atom. The number of hydrogen-bond acceptors (Lipinski definition) is 4. The average molecular weight is 300 g/mol. The Morgan fingerprint density at radius 2 is 1.59 bits per heavy atom. The van der Waals surface area contributed by atoms with E-state index in [0.717, 1.165) is 23.3 Å². The van der Waals surface area contributed by atoms with Crippen molar-refractivity contribution in [3.8, 4) is 17.2 Å². The van der Waals surface area contributed by atoms with E-state index in [-0.39, 0.29) is 12.4 Å². The Hall–Kier alpha value is -2.49. The highest BCUT2D eigenvalue weighted by atomic mass is 16.6. The van der Waals surface area contributed by atoms with Crippen molar-refractivity contribution < 1.29 is 19.0 Å². The van der Waals surface area contributed by atoms with Crippen LogP contribution in [-0.4, -0.2) is 20.2 Å². The summed E-state index contributed by atoms with van der Waals surface area (Å²) in [6.45, 7) is 2.06. The fraction of sp³-hybridized carbons (Fsp3) is 0.278. The molecule has 0 aliphatic rings. The van der Waals surface area contributed by atoms with Crippen molar-refractivity contribution in [2.45, 2.75) is 19.8 Å². The number of carbonyl (C=O) groups excluding carboxylic acids is 1. The quantitative estimate of drug-likeness (QED) is 0.606. The lowest BCUT2D eigenvalue weighted by molar-refractivity contribution is -0.133. The van der Waals surface area contributed by atoms with Crippen molar-refractivity contribution in [1.82, 2.24) is 0 Å². The molecule has 2 rings (SSSR count). The molecule has 2 aromatic carbocycles. The molecular formula is C18H20O4. The molecule has 2 aromatic rings. The van der Waals surface area contributed by atoms with Gasteiger partial charge in [-0.2, -0.15) is 0 Å². The van der Waals surface area contributed by atoms with Gasteiger partial charge in [0, 0.05) is 0 Å². The molecule has 0 fully saturated rings. The Balaban J connectivity index is 2.04. The first-order chi connectivity index (χ1) is 10.7. The van der Waals surface area contributed by atoms with Crippen LogP contribution in [0, 0.1) is 0 Å². The molecular weight excluding hydrogens is 280 g/mol. The van der Waals surface area contributed by atoms with E-state index in [9.17, 15) is 4.79 Å². The Kier molecular flexibility index (Phi) is 5.42. The fourth-order valence-electron chi connectivity index (χ4n) is 2.09. The topological polar surface area (TPSA) is 44.8 Å². The van der Waals surface area contributed by atoms with E-state index < -0.39 is 0 Å². The lowest BCUT2D eigenvalue weighted by atomic mass is 10.1. The largest absolute Gasteiger partial charge is 0.497 e. The van der Waals surface area contributed by atoms with Gasteiger partial charge in [0.05, 0.1) is 20.6 Å². The van der Waals surface area contributed by atoms with Gasteiger partial charge < -0.3 is 14.2 Å². The van der Waals surface area contributed by atoms with Gasteiger partial charge in [0.1, 0.15) is 5.75 Å². The van der Waals surface area contributed by atoms with Gasteiger partial charge in [-0.1, -0.05) is 25.1 Å². The number of hydrogen-bond donors (Lipinski definition) is 0. The number of rotatable bonds is 6. The number of carbonyl (C=O) groups is 1. The lowest BCUT2D eigenvalue weighted by Crippen LogP contribution is -2.12. The van der Waals surface area contributed by atoms with Gasteiger partial charge in [-0.05, 0) is 41.8 Å². The van der Waals surface area contributed by atoms with Gasteiger partial charge in [-0.3, -0.25) is 4.79 Å². The third kappa shape index (κ3) is 4.01. The zero-order valence-electron chi connectivity index (χ0n) is 13.1. The summed E-state index contributed by atoms with van der Waals surface area (Å²) >= 11 is 0. The maximum absolute atomic E-state index is 12.0. The molecule has 4 heteroatoms. The van der Waals surface area contributed by atoms with E-state index in [1.165, 1.54) is 0 Å². The molecule has 116 valence electrons. The molecule has 0 saturated heterocycles. The van der Waals surface area contributed by atoms with Crippen molar-refractivity contribution in [2.24, 2.45) is 0 Å². The van der Waals surface area contributed by atoms with Crippen LogP contribution in [0.4, 0.5) is 0 Å². The SMILES string of the molecule is CCc1ccc(OC(=O)Cc2ccc(OC)cc2)c(OC)c1. The lowest BCUT2D eigenvalue weighted by Gasteiger charge is -2.10. The standard InChI is InChI=1S/C18H20O4/c1-4-13-7-10-16(17(11-13)21-3)22-18(19)12-14-5-8-15(20-2)9-6-14/h5-11H,4,12H2,1-3H3. The Labute approximate surface area is 130 Å². The third-order valence-corrected chi connectivity index (χ3v) is 3.37. The van der Waals surface area contributed by atoms with E-state index in [4.69, 9.17) is 14.2 Å². The van der Waals surface area contributed by atoms with E-state index >= 15 is 0 Å². The van der Waals surface area contributed by atoms with Crippen LogP contribution in [0.5, 0.6) is 17.2 Å². The number of methoxy groups -OCH3 is 2. The summed E-state index contributed by atoms with van der Waals surface area (Å²) in [5.74, 6) is 1.45. The molecule has 0 N–H and O–H groups in total. The molecule has 0 spiro atoms. The molecule has 0 aliphatic heterocycles. The molecule has 0 atom stereocenters. The zero-order valence-corrected chi connectivity index (χ0v) is 13.1. The van der Waals surface area contributed by atoms with Crippen LogP contribution in [0.25, 0.3) is 0 Å². The van der Waals surface area contributed by atoms with Crippen LogP contribution >= 0.6 is 0 Å². The Morgan fingerprint density at radius 1 is 0.909 bits per heavy atom. The summed E-state index contributed by atoms with van der Waals surface area (Å²) in [4.78, 5) is 12.0. The van der Waals surface area contributed by atoms with Crippen molar-refractivity contribution in [2.75, 3.05) is 14.2 Å². The van der Waals surface area contributed by atoms with Crippen LogP contribution in [0.15, 0.2) is 42.5 Å². The van der Waals surface area contributed by atoms with E-state index in [1.54, 1.807) is 20.3 Å². The highest BCUT2D eigenvalue weighted by molar-refractivity contribution is 5.76. The summed E-state index contributed by atoms with van der Waals surface area (Å²) < 4.78 is 15.8. The molecule has 0 aliphatic carbocycles. The van der Waals surface area contributed by atoms with Gasteiger partial charge in [0.2, 0.25) is 0 Å². The van der Waals surface area contributed by atoms with E-state index in [1.807, 2.05) is 36.4 Å². The van der Waals surface area contributed by atoms with Crippen LogP contribution in [0.2, 0.25) is 0 Å². The second-order valence-electron chi connectivity index (χ2n) is 4.84. The van der Waals surface area contributed by atoms with Crippen molar-refractivity contribution in [3.05, 3.63) is 53.6 Å². The summed E-state index contributed by atoms with van der Waals surface area (Å²) in [7, 11) is 3.17. The number of aryl methyl sites for hydroxylation is 1. The smallest absolute Gasteiger partial charge is 0.315 e. The predicted octanol–water partition coefficient (Wildman–Crippen LogP) is 3.41. The fourth-order valence-corrected chi connectivity index (χ4v) is 2.09. The predicted molar refractivity (Wildman–Crippen MR) is 84.7 cm³/mol. The zero-order chi connectivity index (χ0) is 15.9. The maximum atomic E-state index is 12.0. The van der Waals surface area contributed by atoms with Crippen molar-refractivity contribution in [3.63, 3.8) is 0 Å². The van der Waals surface area contributed by atoms with Gasteiger partial charge in [-0.15, -0.1) is 0 Å². The van der Waals surface area contributed by atoms with Crippen LogP contribution in [0.1, 0.15) is 18.1 Å². The summed E-state index contributed by atoms with van der Waals surface area (Å²) in [6.07, 6.45) is 1.10. The molecule has 0 saturated carbocycles. The molecule has 0 aromatic heterocycles. The van der Waals surface area contributed by atoms with Crippen LogP contribution in [-0.2, 0) is 17.6 Å². The Bertz CT molecular complexity index is 632. The monoisotopic (exact) mass is 300 g/mol. The van der Waals surface area contributed by atoms with Crippen molar-refractivity contribution >= 4 is 5.97 Å². The van der Waals surface area contributed by atoms with Gasteiger partial charge in [0.25, 0.3) is 0 Å². The molecule has 0 unspecified atom stereocenters. The highest BCUT2D eigenvalue weighted by Gasteiger charge is 2.11. The normalized spacial score (nSPS) is 10.1. The first kappa shape index (κ1) is 15.9. The van der Waals surface area contributed by atoms with Gasteiger partial charge >= 0.3 is 5.97 Å². The van der Waals surface area contributed by atoms with Crippen LogP contribution in [0.3, 0.4) is 0 Å². The minimum atomic E-state index is -0.326. The van der Waals surface area contributed by atoms with Gasteiger partial charge in [0.15, 0.2) is 11.5 Å². The number of ether oxygens (including phenoxy) is 3. The number of benzene rings is 2. The summed E-state index contributed by atoms with van der Waals surface area (Å²) in [5, 5.41) is 0. The molecule has 22 heavy (non-hydrogen) atoms. The molecule has 0 bridgehead atoms. The summed E-state index contributed by atoms with van der Waals surface area (Å²) in [5.41, 5.74) is 2.00. The first-order valence-electron chi connectivity index (χ1n) is 7.16. The van der Waals surface area contributed by atoms with E-state index in [2.05, 4.69) is 6.92 Å². The minimum Gasteiger partial charge on any atom is -0.497 e. The first-order valence-corrected chi connectivity index (χ1v) is 7.16. The second kappa shape index (κ2) is 7.50. The highest BCUT2D eigenvalue weighted by Crippen LogP contribution is 2.28. The summed E-state index contributed by atoms with van der Waals surface area (Å²) in [6, 6.07) is 12.9. The van der Waals surface area contributed by atoms with Gasteiger partial charge in [-0.25, -0.2) is 0 Å². The third-order valence-electron chi connectivity index (χ3n) is 3.37. The molecule has 4 nitrogen and oxygen atoms in total. The minimum absolute atomic E-state index is 0.197. The molecule has 0 heterocycles. The van der Waals surface area contributed by atoms with E-state index in [0.29, 0.717) is 11.5 Å². The average Bonchev–Trinajstić information content (AvgIpc) is 2.55. The second-order valence-corrected chi connectivity index (χ2v) is 4.84. The van der Waals surface area contributed by atoms with Crippen LogP contribution < -0.4 is 14.2 Å².